The first kappa shape index (κ1) is 16.1. The maximum Gasteiger partial charge on any atom is 0.225 e. The van der Waals surface area contributed by atoms with Crippen LogP contribution in [0.4, 0.5) is 5.69 Å². The smallest absolute Gasteiger partial charge is 0.225 e. The number of anilines is 1. The fourth-order valence-corrected chi connectivity index (χ4v) is 2.13. The third-order valence-corrected chi connectivity index (χ3v) is 3.33. The topological polar surface area (TPSA) is 50.4 Å². The minimum absolute atomic E-state index is 0.00334. The highest BCUT2D eigenvalue weighted by Gasteiger charge is 2.09. The number of benzene rings is 1. The van der Waals surface area contributed by atoms with Crippen molar-refractivity contribution in [1.29, 1.82) is 0 Å². The highest BCUT2D eigenvalue weighted by atomic mass is 79.9. The fourth-order valence-electron chi connectivity index (χ4n) is 1.65. The van der Waals surface area contributed by atoms with Gasteiger partial charge in [0.25, 0.3) is 0 Å². The van der Waals surface area contributed by atoms with Gasteiger partial charge in [0.2, 0.25) is 5.91 Å². The van der Waals surface area contributed by atoms with E-state index in [0.29, 0.717) is 25.6 Å². The van der Waals surface area contributed by atoms with Crippen LogP contribution in [0.2, 0.25) is 0 Å². The highest BCUT2D eigenvalue weighted by molar-refractivity contribution is 9.10. The Morgan fingerprint density at radius 2 is 2.16 bits per heavy atom. The van der Waals surface area contributed by atoms with Gasteiger partial charge >= 0.3 is 0 Å². The predicted octanol–water partition coefficient (Wildman–Crippen LogP) is 2.92. The number of amides is 1. The van der Waals surface area contributed by atoms with Crippen LogP contribution in [0.3, 0.4) is 0 Å². The van der Waals surface area contributed by atoms with Crippen LogP contribution in [0.15, 0.2) is 22.7 Å². The average Bonchev–Trinajstić information content (AvgIpc) is 2.33. The molecule has 1 rings (SSSR count). The Bertz CT molecular complexity index is 422. The van der Waals surface area contributed by atoms with Crippen molar-refractivity contribution in [1.82, 2.24) is 5.32 Å². The lowest BCUT2D eigenvalue weighted by atomic mass is 10.2. The zero-order valence-electron chi connectivity index (χ0n) is 11.6. The lowest BCUT2D eigenvalue weighted by molar-refractivity contribution is -0.116. The third kappa shape index (κ3) is 5.72. The Labute approximate surface area is 123 Å². The van der Waals surface area contributed by atoms with E-state index in [-0.39, 0.29) is 5.91 Å². The summed E-state index contributed by atoms with van der Waals surface area (Å²) in [5, 5.41) is 6.14. The molecule has 1 amide bonds. The first-order valence-electron chi connectivity index (χ1n) is 6.34. The highest BCUT2D eigenvalue weighted by Crippen LogP contribution is 2.25. The van der Waals surface area contributed by atoms with Crippen molar-refractivity contribution in [2.24, 2.45) is 0 Å². The molecule has 0 aliphatic rings. The largest absolute Gasteiger partial charge is 0.380 e. The van der Waals surface area contributed by atoms with Crippen molar-refractivity contribution in [2.75, 3.05) is 19.0 Å². The van der Waals surface area contributed by atoms with Crippen molar-refractivity contribution in [3.63, 3.8) is 0 Å². The average molecular weight is 329 g/mol. The summed E-state index contributed by atoms with van der Waals surface area (Å²) >= 11 is 3.47. The lowest BCUT2D eigenvalue weighted by Gasteiger charge is -2.13. The molecule has 0 radical (unpaired) electrons. The molecule has 0 unspecified atom stereocenters. The van der Waals surface area contributed by atoms with Gasteiger partial charge in [-0.2, -0.15) is 0 Å². The number of rotatable bonds is 7. The molecule has 0 heterocycles. The van der Waals surface area contributed by atoms with Gasteiger partial charge in [-0.3, -0.25) is 4.79 Å². The van der Waals surface area contributed by atoms with Gasteiger partial charge in [-0.15, -0.1) is 0 Å². The second-order valence-electron chi connectivity index (χ2n) is 4.61. The van der Waals surface area contributed by atoms with Crippen molar-refractivity contribution < 1.29 is 9.53 Å². The van der Waals surface area contributed by atoms with Gasteiger partial charge in [0.05, 0.1) is 6.61 Å². The molecule has 1 aromatic rings. The molecule has 2 N–H and O–H groups in total. The van der Waals surface area contributed by atoms with Crippen LogP contribution in [-0.4, -0.2) is 25.6 Å². The van der Waals surface area contributed by atoms with Gasteiger partial charge in [-0.1, -0.05) is 35.8 Å². The number of carbonyl (C=O) groups is 1. The van der Waals surface area contributed by atoms with E-state index in [1.807, 2.05) is 18.2 Å². The van der Waals surface area contributed by atoms with E-state index in [0.717, 1.165) is 15.7 Å². The Morgan fingerprint density at radius 3 is 2.79 bits per heavy atom. The SMILES string of the molecule is COCc1c(Br)cccc1NC(=O)CCNC(C)C. The number of hydrogen-bond donors (Lipinski definition) is 2. The Balaban J connectivity index is 2.61. The maximum atomic E-state index is 11.9. The van der Waals surface area contributed by atoms with E-state index in [1.165, 1.54) is 0 Å². The minimum Gasteiger partial charge on any atom is -0.380 e. The van der Waals surface area contributed by atoms with Crippen molar-refractivity contribution in [3.05, 3.63) is 28.2 Å². The number of carbonyl (C=O) groups excluding carboxylic acids is 1. The van der Waals surface area contributed by atoms with Crippen LogP contribution in [-0.2, 0) is 16.1 Å². The van der Waals surface area contributed by atoms with E-state index in [2.05, 4.69) is 40.4 Å². The number of halogens is 1. The molecule has 5 heteroatoms. The first-order valence-corrected chi connectivity index (χ1v) is 7.13. The molecule has 0 aliphatic heterocycles. The molecule has 0 spiro atoms. The molecular formula is C14H21BrN2O2. The first-order chi connectivity index (χ1) is 9.04. The number of nitrogens with one attached hydrogen (secondary N) is 2. The number of methoxy groups -OCH3 is 1. The summed E-state index contributed by atoms with van der Waals surface area (Å²) in [7, 11) is 1.64. The Morgan fingerprint density at radius 1 is 1.42 bits per heavy atom. The zero-order chi connectivity index (χ0) is 14.3. The van der Waals surface area contributed by atoms with E-state index in [4.69, 9.17) is 4.74 Å². The van der Waals surface area contributed by atoms with Crippen LogP contribution >= 0.6 is 15.9 Å². The van der Waals surface area contributed by atoms with Crippen LogP contribution in [0.1, 0.15) is 25.8 Å². The second-order valence-corrected chi connectivity index (χ2v) is 5.46. The zero-order valence-corrected chi connectivity index (χ0v) is 13.2. The monoisotopic (exact) mass is 328 g/mol. The van der Waals surface area contributed by atoms with Gasteiger partial charge < -0.3 is 15.4 Å². The third-order valence-electron chi connectivity index (χ3n) is 2.59. The molecule has 0 bridgehead atoms. The van der Waals surface area contributed by atoms with E-state index in [9.17, 15) is 4.79 Å². The van der Waals surface area contributed by atoms with Crippen molar-refractivity contribution in [2.45, 2.75) is 32.9 Å². The molecule has 1 aromatic carbocycles. The van der Waals surface area contributed by atoms with Gasteiger partial charge in [-0.25, -0.2) is 0 Å². The Kier molecular flexibility index (Phi) is 7.05. The van der Waals surface area contributed by atoms with Crippen LogP contribution < -0.4 is 10.6 Å². The second kappa shape index (κ2) is 8.30. The van der Waals surface area contributed by atoms with Crippen LogP contribution in [0.25, 0.3) is 0 Å². The number of ether oxygens (including phenoxy) is 1. The molecule has 0 aliphatic carbocycles. The van der Waals surface area contributed by atoms with Gasteiger partial charge in [0.1, 0.15) is 0 Å². The summed E-state index contributed by atoms with van der Waals surface area (Å²) in [6.45, 7) is 5.25. The molecular weight excluding hydrogens is 308 g/mol. The molecule has 19 heavy (non-hydrogen) atoms. The molecule has 0 aromatic heterocycles. The van der Waals surface area contributed by atoms with E-state index >= 15 is 0 Å². The van der Waals surface area contributed by atoms with Crippen LogP contribution in [0.5, 0.6) is 0 Å². The summed E-state index contributed by atoms with van der Waals surface area (Å²) in [6, 6.07) is 6.10. The molecule has 106 valence electrons. The summed E-state index contributed by atoms with van der Waals surface area (Å²) in [5.41, 5.74) is 1.75. The molecule has 0 atom stereocenters. The predicted molar refractivity (Wildman–Crippen MR) is 81.2 cm³/mol. The molecule has 0 saturated heterocycles. The van der Waals surface area contributed by atoms with Gasteiger partial charge in [-0.05, 0) is 12.1 Å². The minimum atomic E-state index is 0.00334. The molecule has 0 saturated carbocycles. The van der Waals surface area contributed by atoms with E-state index in [1.54, 1.807) is 7.11 Å². The molecule has 0 fully saturated rings. The normalized spacial score (nSPS) is 10.8. The van der Waals surface area contributed by atoms with Gasteiger partial charge in [0.15, 0.2) is 0 Å². The molecule has 4 nitrogen and oxygen atoms in total. The summed E-state index contributed by atoms with van der Waals surface area (Å²) in [5.74, 6) is 0.00334. The fraction of sp³-hybridized carbons (Fsp3) is 0.500. The quantitative estimate of drug-likeness (QED) is 0.809. The summed E-state index contributed by atoms with van der Waals surface area (Å²) < 4.78 is 6.09. The summed E-state index contributed by atoms with van der Waals surface area (Å²) in [4.78, 5) is 11.9. The lowest BCUT2D eigenvalue weighted by Crippen LogP contribution is -2.27. The van der Waals surface area contributed by atoms with Gasteiger partial charge in [0, 0.05) is 41.8 Å². The van der Waals surface area contributed by atoms with Crippen molar-refractivity contribution >= 4 is 27.5 Å². The number of hydrogen-bond acceptors (Lipinski definition) is 3. The van der Waals surface area contributed by atoms with Crippen molar-refractivity contribution in [3.8, 4) is 0 Å². The van der Waals surface area contributed by atoms with Crippen LogP contribution in [0, 0.1) is 0 Å². The van der Waals surface area contributed by atoms with E-state index < -0.39 is 0 Å². The summed E-state index contributed by atoms with van der Waals surface area (Å²) in [6.07, 6.45) is 0.455. The maximum absolute atomic E-state index is 11.9. The standard InChI is InChI=1S/C14H21BrN2O2/c1-10(2)16-8-7-14(18)17-13-6-4-5-12(15)11(13)9-19-3/h4-6,10,16H,7-9H2,1-3H3,(H,17,18). The Hall–Kier alpha value is -0.910.